The van der Waals surface area contributed by atoms with Gasteiger partial charge in [-0.1, -0.05) is 23.7 Å². The van der Waals surface area contributed by atoms with E-state index in [1.54, 1.807) is 0 Å². The van der Waals surface area contributed by atoms with E-state index in [2.05, 4.69) is 12.1 Å². The lowest BCUT2D eigenvalue weighted by molar-refractivity contribution is -0.127. The number of hydrogen-bond donors (Lipinski definition) is 0. The highest BCUT2D eigenvalue weighted by atomic mass is 35.5. The molecule has 1 heterocycles. The number of ether oxygens (including phenoxy) is 1. The van der Waals surface area contributed by atoms with Crippen LogP contribution in [0.1, 0.15) is 31.2 Å². The zero-order chi connectivity index (χ0) is 12.6. The van der Waals surface area contributed by atoms with Crippen molar-refractivity contribution in [1.82, 2.24) is 0 Å². The van der Waals surface area contributed by atoms with Crippen LogP contribution in [0, 0.1) is 5.92 Å². The maximum absolute atomic E-state index is 11.4. The summed E-state index contributed by atoms with van der Waals surface area (Å²) in [5, 5.41) is 0.783. The van der Waals surface area contributed by atoms with Crippen molar-refractivity contribution < 1.29 is 9.53 Å². The van der Waals surface area contributed by atoms with E-state index in [0.29, 0.717) is 11.7 Å². The van der Waals surface area contributed by atoms with Crippen molar-refractivity contribution in [2.75, 3.05) is 13.2 Å². The molecule has 96 valence electrons. The summed E-state index contributed by atoms with van der Waals surface area (Å²) in [5.41, 5.74) is 1.38. The minimum atomic E-state index is 0.103. The van der Waals surface area contributed by atoms with Gasteiger partial charge in [-0.3, -0.25) is 4.79 Å². The van der Waals surface area contributed by atoms with E-state index >= 15 is 0 Å². The first kappa shape index (κ1) is 12.2. The predicted molar refractivity (Wildman–Crippen MR) is 70.9 cm³/mol. The van der Waals surface area contributed by atoms with Crippen molar-refractivity contribution in [3.8, 4) is 0 Å². The van der Waals surface area contributed by atoms with Gasteiger partial charge in [0.05, 0.1) is 13.2 Å². The predicted octanol–water partition coefficient (Wildman–Crippen LogP) is 3.37. The summed E-state index contributed by atoms with van der Waals surface area (Å²) in [4.78, 5) is 11.4. The van der Waals surface area contributed by atoms with E-state index in [1.165, 1.54) is 5.56 Å². The second-order valence-electron chi connectivity index (χ2n) is 5.47. The number of hydrogen-bond acceptors (Lipinski definition) is 2. The molecule has 18 heavy (non-hydrogen) atoms. The summed E-state index contributed by atoms with van der Waals surface area (Å²) in [5.74, 6) is 0.968. The van der Waals surface area contributed by atoms with Crippen LogP contribution in [0.2, 0.25) is 5.02 Å². The van der Waals surface area contributed by atoms with Crippen LogP contribution in [-0.2, 0) is 14.9 Å². The zero-order valence-corrected chi connectivity index (χ0v) is 11.1. The molecule has 1 aliphatic heterocycles. The maximum Gasteiger partial charge on any atom is 0.132 e. The van der Waals surface area contributed by atoms with Crippen LogP contribution in [0.4, 0.5) is 0 Å². The molecule has 0 spiro atoms. The van der Waals surface area contributed by atoms with Gasteiger partial charge in [-0.25, -0.2) is 0 Å². The Balaban J connectivity index is 1.88. The first-order chi connectivity index (χ1) is 8.71. The van der Waals surface area contributed by atoms with Gasteiger partial charge in [0.25, 0.3) is 0 Å². The molecular formula is C15H17ClO2. The second kappa shape index (κ2) is 4.67. The molecule has 0 atom stereocenters. The highest BCUT2D eigenvalue weighted by Crippen LogP contribution is 2.45. The zero-order valence-electron chi connectivity index (χ0n) is 10.3. The Morgan fingerprint density at radius 2 is 1.94 bits per heavy atom. The Hall–Kier alpha value is -0.860. The fraction of sp³-hybridized carbons (Fsp3) is 0.533. The molecule has 1 aliphatic carbocycles. The lowest BCUT2D eigenvalue weighted by Gasteiger charge is -2.49. The quantitative estimate of drug-likeness (QED) is 0.819. The van der Waals surface area contributed by atoms with E-state index in [9.17, 15) is 4.79 Å². The fourth-order valence-corrected chi connectivity index (χ4v) is 3.44. The van der Waals surface area contributed by atoms with Crippen molar-refractivity contribution in [1.29, 1.82) is 0 Å². The summed E-state index contributed by atoms with van der Waals surface area (Å²) in [7, 11) is 0. The second-order valence-corrected chi connectivity index (χ2v) is 5.91. The average Bonchev–Trinajstić information content (AvgIpc) is 2.30. The maximum atomic E-state index is 11.4. The number of carbonyl (C=O) groups is 1. The molecule has 0 unspecified atom stereocenters. The Kier molecular flexibility index (Phi) is 3.16. The van der Waals surface area contributed by atoms with E-state index in [0.717, 1.165) is 43.9 Å². The third-order valence-electron chi connectivity index (χ3n) is 4.44. The third-order valence-corrected chi connectivity index (χ3v) is 4.68. The van der Waals surface area contributed by atoms with Crippen LogP contribution in [0.5, 0.6) is 0 Å². The van der Waals surface area contributed by atoms with Crippen molar-refractivity contribution in [2.45, 2.75) is 31.1 Å². The molecule has 3 heteroatoms. The topological polar surface area (TPSA) is 26.3 Å². The van der Waals surface area contributed by atoms with Crippen molar-refractivity contribution in [3.05, 3.63) is 34.9 Å². The van der Waals surface area contributed by atoms with E-state index < -0.39 is 0 Å². The number of Topliss-reactive ketones (excluding diaryl/α,β-unsaturated/α-hetero) is 1. The van der Waals surface area contributed by atoms with Crippen LogP contribution in [-0.4, -0.2) is 19.0 Å². The molecule has 1 aromatic carbocycles. The van der Waals surface area contributed by atoms with Gasteiger partial charge in [-0.05, 0) is 36.5 Å². The number of ketones is 1. The van der Waals surface area contributed by atoms with Crippen molar-refractivity contribution in [3.63, 3.8) is 0 Å². The Bertz CT molecular complexity index is 455. The molecule has 2 fully saturated rings. The average molecular weight is 265 g/mol. The molecule has 1 saturated carbocycles. The summed E-state index contributed by atoms with van der Waals surface area (Å²) < 4.78 is 5.48. The molecule has 0 radical (unpaired) electrons. The van der Waals surface area contributed by atoms with Gasteiger partial charge < -0.3 is 4.74 Å². The number of benzene rings is 1. The van der Waals surface area contributed by atoms with Gasteiger partial charge in [0.2, 0.25) is 0 Å². The van der Waals surface area contributed by atoms with Gasteiger partial charge in [0.1, 0.15) is 5.78 Å². The molecule has 0 bridgehead atoms. The van der Waals surface area contributed by atoms with E-state index in [1.807, 2.05) is 12.1 Å². The van der Waals surface area contributed by atoms with Gasteiger partial charge in [0.15, 0.2) is 0 Å². The smallest absolute Gasteiger partial charge is 0.132 e. The Morgan fingerprint density at radius 3 is 2.50 bits per heavy atom. The monoisotopic (exact) mass is 264 g/mol. The van der Waals surface area contributed by atoms with Crippen molar-refractivity contribution in [2.24, 2.45) is 5.92 Å². The SMILES string of the molecule is O=C1CCC(C2(c3cccc(Cl)c3)COC2)CC1. The first-order valence-corrected chi connectivity index (χ1v) is 6.94. The molecule has 0 aromatic heterocycles. The number of rotatable bonds is 2. The van der Waals surface area contributed by atoms with Crippen LogP contribution in [0.25, 0.3) is 0 Å². The molecule has 1 aromatic rings. The standard InChI is InChI=1S/C15H17ClO2/c16-13-3-1-2-12(8-13)15(9-18-10-15)11-4-6-14(17)7-5-11/h1-3,8,11H,4-7,9-10H2. The first-order valence-electron chi connectivity index (χ1n) is 6.56. The molecule has 2 nitrogen and oxygen atoms in total. The molecule has 1 saturated heterocycles. The van der Waals surface area contributed by atoms with Gasteiger partial charge in [-0.2, -0.15) is 0 Å². The minimum absolute atomic E-state index is 0.103. The largest absolute Gasteiger partial charge is 0.379 e. The fourth-order valence-electron chi connectivity index (χ4n) is 3.25. The summed E-state index contributed by atoms with van der Waals surface area (Å²) in [6.07, 6.45) is 3.45. The molecule has 0 N–H and O–H groups in total. The number of halogens is 1. The Morgan fingerprint density at radius 1 is 1.22 bits per heavy atom. The summed E-state index contributed by atoms with van der Waals surface area (Å²) >= 11 is 6.10. The van der Waals surface area contributed by atoms with E-state index in [-0.39, 0.29) is 5.41 Å². The number of carbonyl (C=O) groups excluding carboxylic acids is 1. The van der Waals surface area contributed by atoms with Crippen LogP contribution in [0.15, 0.2) is 24.3 Å². The Labute approximate surface area is 112 Å². The van der Waals surface area contributed by atoms with Crippen LogP contribution >= 0.6 is 11.6 Å². The highest BCUT2D eigenvalue weighted by molar-refractivity contribution is 6.30. The normalized spacial score (nSPS) is 23.7. The lowest BCUT2D eigenvalue weighted by Crippen LogP contribution is -2.53. The van der Waals surface area contributed by atoms with Gasteiger partial charge >= 0.3 is 0 Å². The lowest BCUT2D eigenvalue weighted by atomic mass is 9.63. The molecule has 0 amide bonds. The molecule has 3 rings (SSSR count). The summed E-state index contributed by atoms with van der Waals surface area (Å²) in [6, 6.07) is 8.11. The van der Waals surface area contributed by atoms with Gasteiger partial charge in [0, 0.05) is 23.3 Å². The van der Waals surface area contributed by atoms with Gasteiger partial charge in [-0.15, -0.1) is 0 Å². The van der Waals surface area contributed by atoms with Crippen LogP contribution in [0.3, 0.4) is 0 Å². The van der Waals surface area contributed by atoms with E-state index in [4.69, 9.17) is 16.3 Å². The van der Waals surface area contributed by atoms with Crippen LogP contribution < -0.4 is 0 Å². The van der Waals surface area contributed by atoms with Crippen molar-refractivity contribution >= 4 is 17.4 Å². The third kappa shape index (κ3) is 1.98. The minimum Gasteiger partial charge on any atom is -0.379 e. The molecular weight excluding hydrogens is 248 g/mol. The summed E-state index contributed by atoms with van der Waals surface area (Å²) in [6.45, 7) is 1.54. The highest BCUT2D eigenvalue weighted by Gasteiger charge is 2.47. The molecule has 2 aliphatic rings.